The summed E-state index contributed by atoms with van der Waals surface area (Å²) in [5, 5.41) is 9.81. The van der Waals surface area contributed by atoms with Crippen LogP contribution >= 0.6 is 23.2 Å². The van der Waals surface area contributed by atoms with Crippen LogP contribution < -0.4 is 4.74 Å². The molecule has 3 nitrogen and oxygen atoms in total. The van der Waals surface area contributed by atoms with E-state index in [0.717, 1.165) is 32.5 Å². The lowest BCUT2D eigenvalue weighted by molar-refractivity contribution is 0.169. The van der Waals surface area contributed by atoms with Gasteiger partial charge in [-0.15, -0.1) is 0 Å². The minimum absolute atomic E-state index is 0.222. The molecule has 2 rings (SSSR count). The van der Waals surface area contributed by atoms with E-state index >= 15 is 0 Å². The molecule has 0 atom stereocenters. The van der Waals surface area contributed by atoms with Crippen LogP contribution in [0.4, 0.5) is 0 Å². The molecule has 1 aromatic rings. The quantitative estimate of drug-likeness (QED) is 0.852. The Morgan fingerprint density at radius 3 is 2.74 bits per heavy atom. The Morgan fingerprint density at radius 2 is 2.05 bits per heavy atom. The monoisotopic (exact) mass is 298 g/mol. The number of hydrogen-bond donors (Lipinski definition) is 0. The summed E-state index contributed by atoms with van der Waals surface area (Å²) in [6.07, 6.45) is 1.91. The Kier molecular flexibility index (Phi) is 5.33. The Hall–Kier alpha value is -0.950. The van der Waals surface area contributed by atoms with E-state index in [9.17, 15) is 0 Å². The number of ether oxygens (including phenoxy) is 1. The van der Waals surface area contributed by atoms with E-state index in [1.165, 1.54) is 0 Å². The maximum atomic E-state index is 8.84. The second kappa shape index (κ2) is 7.00. The van der Waals surface area contributed by atoms with Crippen LogP contribution in [0.5, 0.6) is 5.75 Å². The van der Waals surface area contributed by atoms with Gasteiger partial charge in [0.25, 0.3) is 0 Å². The van der Waals surface area contributed by atoms with Crippen molar-refractivity contribution in [2.75, 3.05) is 26.2 Å². The van der Waals surface area contributed by atoms with Gasteiger partial charge in [0.05, 0.1) is 11.1 Å². The Labute approximate surface area is 123 Å². The highest BCUT2D eigenvalue weighted by Crippen LogP contribution is 2.31. The second-order valence-corrected chi connectivity index (χ2v) is 5.43. The van der Waals surface area contributed by atoms with Gasteiger partial charge in [0.1, 0.15) is 17.4 Å². The highest BCUT2D eigenvalue weighted by atomic mass is 35.5. The smallest absolute Gasteiger partial charge is 0.139 e. The SMILES string of the molecule is N#CC1CCN(CCOc2cccc(Cl)c2Cl)CC1. The molecule has 0 N–H and O–H groups in total. The molecule has 1 aliphatic rings. The third kappa shape index (κ3) is 4.01. The first-order chi connectivity index (χ1) is 9.20. The Balaban J connectivity index is 1.75. The molecule has 0 unspecified atom stereocenters. The first-order valence-electron chi connectivity index (χ1n) is 6.39. The highest BCUT2D eigenvalue weighted by molar-refractivity contribution is 6.42. The molecule has 0 amide bonds. The maximum Gasteiger partial charge on any atom is 0.139 e. The van der Waals surface area contributed by atoms with Gasteiger partial charge in [-0.25, -0.2) is 0 Å². The van der Waals surface area contributed by atoms with Crippen LogP contribution in [0.3, 0.4) is 0 Å². The van der Waals surface area contributed by atoms with Crippen molar-refractivity contribution in [3.63, 3.8) is 0 Å². The van der Waals surface area contributed by atoms with E-state index in [4.69, 9.17) is 33.2 Å². The average Bonchev–Trinajstić information content (AvgIpc) is 2.44. The number of rotatable bonds is 4. The van der Waals surface area contributed by atoms with Crippen LogP contribution in [0.15, 0.2) is 18.2 Å². The predicted octanol–water partition coefficient (Wildman–Crippen LogP) is 3.61. The van der Waals surface area contributed by atoms with Gasteiger partial charge in [0, 0.05) is 12.5 Å². The average molecular weight is 299 g/mol. The van der Waals surface area contributed by atoms with Gasteiger partial charge in [-0.2, -0.15) is 5.26 Å². The molecule has 1 saturated heterocycles. The first-order valence-corrected chi connectivity index (χ1v) is 7.15. The van der Waals surface area contributed by atoms with Crippen molar-refractivity contribution in [2.45, 2.75) is 12.8 Å². The molecule has 0 radical (unpaired) electrons. The van der Waals surface area contributed by atoms with Crippen molar-refractivity contribution in [2.24, 2.45) is 5.92 Å². The van der Waals surface area contributed by atoms with Crippen LogP contribution in [0.1, 0.15) is 12.8 Å². The number of halogens is 2. The van der Waals surface area contributed by atoms with Crippen LogP contribution in [0.2, 0.25) is 10.0 Å². The maximum absolute atomic E-state index is 8.84. The lowest BCUT2D eigenvalue weighted by Gasteiger charge is -2.28. The zero-order chi connectivity index (χ0) is 13.7. The van der Waals surface area contributed by atoms with Crippen molar-refractivity contribution in [1.29, 1.82) is 5.26 Å². The summed E-state index contributed by atoms with van der Waals surface area (Å²) in [5.41, 5.74) is 0. The van der Waals surface area contributed by atoms with Crippen LogP contribution in [-0.4, -0.2) is 31.1 Å². The number of nitrogens with zero attached hydrogens (tertiary/aromatic N) is 2. The molecular weight excluding hydrogens is 283 g/mol. The minimum atomic E-state index is 0.222. The number of likely N-dealkylation sites (tertiary alicyclic amines) is 1. The third-order valence-corrected chi connectivity index (χ3v) is 4.15. The zero-order valence-electron chi connectivity index (χ0n) is 10.6. The predicted molar refractivity (Wildman–Crippen MR) is 76.7 cm³/mol. The lowest BCUT2D eigenvalue weighted by atomic mass is 9.99. The normalized spacial score (nSPS) is 17.1. The number of benzene rings is 1. The van der Waals surface area contributed by atoms with Gasteiger partial charge in [0.15, 0.2) is 0 Å². The number of nitriles is 1. The number of hydrogen-bond acceptors (Lipinski definition) is 3. The third-order valence-electron chi connectivity index (χ3n) is 3.35. The molecule has 1 aromatic carbocycles. The van der Waals surface area contributed by atoms with Crippen molar-refractivity contribution >= 4 is 23.2 Å². The zero-order valence-corrected chi connectivity index (χ0v) is 12.1. The standard InChI is InChI=1S/C14H16Cl2N2O/c15-12-2-1-3-13(14(12)16)19-9-8-18-6-4-11(10-17)5-7-18/h1-3,11H,4-9H2. The largest absolute Gasteiger partial charge is 0.491 e. The summed E-state index contributed by atoms with van der Waals surface area (Å²) in [6.45, 7) is 3.36. The molecule has 0 aliphatic carbocycles. The van der Waals surface area contributed by atoms with E-state index in [1.54, 1.807) is 6.07 Å². The summed E-state index contributed by atoms with van der Waals surface area (Å²) in [4.78, 5) is 2.31. The fourth-order valence-corrected chi connectivity index (χ4v) is 2.51. The van der Waals surface area contributed by atoms with Crippen molar-refractivity contribution in [3.05, 3.63) is 28.2 Å². The van der Waals surface area contributed by atoms with E-state index in [-0.39, 0.29) is 5.92 Å². The molecule has 1 aliphatic heterocycles. The minimum Gasteiger partial charge on any atom is -0.491 e. The Morgan fingerprint density at radius 1 is 1.32 bits per heavy atom. The fourth-order valence-electron chi connectivity index (χ4n) is 2.17. The molecule has 102 valence electrons. The van der Waals surface area contributed by atoms with Gasteiger partial charge in [-0.1, -0.05) is 29.3 Å². The van der Waals surface area contributed by atoms with Crippen LogP contribution in [-0.2, 0) is 0 Å². The molecule has 5 heteroatoms. The van der Waals surface area contributed by atoms with E-state index in [2.05, 4.69) is 11.0 Å². The van der Waals surface area contributed by atoms with Gasteiger partial charge in [0.2, 0.25) is 0 Å². The molecule has 0 bridgehead atoms. The first kappa shape index (κ1) is 14.5. The van der Waals surface area contributed by atoms with Crippen LogP contribution in [0, 0.1) is 17.2 Å². The second-order valence-electron chi connectivity index (χ2n) is 4.65. The molecule has 0 aromatic heterocycles. The number of piperidine rings is 1. The van der Waals surface area contributed by atoms with Gasteiger partial charge in [-0.3, -0.25) is 4.90 Å². The summed E-state index contributed by atoms with van der Waals surface area (Å²) < 4.78 is 5.65. The van der Waals surface area contributed by atoms with E-state index in [1.807, 2.05) is 12.1 Å². The van der Waals surface area contributed by atoms with Crippen molar-refractivity contribution in [3.8, 4) is 11.8 Å². The Bertz CT molecular complexity index is 465. The van der Waals surface area contributed by atoms with E-state index in [0.29, 0.717) is 22.4 Å². The van der Waals surface area contributed by atoms with Crippen LogP contribution in [0.25, 0.3) is 0 Å². The highest BCUT2D eigenvalue weighted by Gasteiger charge is 2.18. The molecule has 0 spiro atoms. The van der Waals surface area contributed by atoms with Crippen molar-refractivity contribution in [1.82, 2.24) is 4.90 Å². The summed E-state index contributed by atoms with van der Waals surface area (Å²) in [7, 11) is 0. The lowest BCUT2D eigenvalue weighted by Crippen LogP contribution is -2.36. The van der Waals surface area contributed by atoms with Crippen molar-refractivity contribution < 1.29 is 4.74 Å². The van der Waals surface area contributed by atoms with Gasteiger partial charge >= 0.3 is 0 Å². The fraction of sp³-hybridized carbons (Fsp3) is 0.500. The summed E-state index contributed by atoms with van der Waals surface area (Å²) >= 11 is 12.0. The molecule has 1 heterocycles. The molecule has 0 saturated carbocycles. The molecule has 1 fully saturated rings. The van der Waals surface area contributed by atoms with E-state index < -0.39 is 0 Å². The topological polar surface area (TPSA) is 36.3 Å². The summed E-state index contributed by atoms with van der Waals surface area (Å²) in [6, 6.07) is 7.71. The molecular formula is C14H16Cl2N2O. The molecule has 19 heavy (non-hydrogen) atoms. The summed E-state index contributed by atoms with van der Waals surface area (Å²) in [5.74, 6) is 0.848. The van der Waals surface area contributed by atoms with Gasteiger partial charge in [-0.05, 0) is 38.1 Å². The van der Waals surface area contributed by atoms with Gasteiger partial charge < -0.3 is 4.74 Å².